The molecular formula is C12H17FN2O3S. The van der Waals surface area contributed by atoms with Gasteiger partial charge < -0.3 is 10.5 Å². The third-order valence-corrected chi connectivity index (χ3v) is 3.80. The average Bonchev–Trinajstić information content (AvgIpc) is 2.33. The van der Waals surface area contributed by atoms with E-state index in [0.717, 1.165) is 18.2 Å². The van der Waals surface area contributed by atoms with E-state index in [0.29, 0.717) is 13.0 Å². The Hall–Kier alpha value is -1.44. The van der Waals surface area contributed by atoms with E-state index in [-0.39, 0.29) is 23.7 Å². The summed E-state index contributed by atoms with van der Waals surface area (Å²) >= 11 is 0. The van der Waals surface area contributed by atoms with E-state index in [2.05, 4.69) is 11.3 Å². The van der Waals surface area contributed by atoms with Crippen LogP contribution in [0.3, 0.4) is 0 Å². The third kappa shape index (κ3) is 4.98. The number of rotatable bonds is 8. The average molecular weight is 288 g/mol. The van der Waals surface area contributed by atoms with Crippen molar-refractivity contribution in [1.82, 2.24) is 4.72 Å². The van der Waals surface area contributed by atoms with Crippen molar-refractivity contribution < 1.29 is 17.5 Å². The molecule has 0 unspecified atom stereocenters. The summed E-state index contributed by atoms with van der Waals surface area (Å²) in [5.74, 6) is -0.579. The third-order valence-electron chi connectivity index (χ3n) is 2.27. The fourth-order valence-corrected chi connectivity index (χ4v) is 2.48. The molecule has 3 N–H and O–H groups in total. The molecule has 1 rings (SSSR count). The molecule has 0 heterocycles. The van der Waals surface area contributed by atoms with Crippen molar-refractivity contribution in [2.75, 3.05) is 25.5 Å². The lowest BCUT2D eigenvalue weighted by molar-refractivity contribution is 0.144. The summed E-state index contributed by atoms with van der Waals surface area (Å²) in [6.07, 6.45) is 2.42. The number of hydrogen-bond donors (Lipinski definition) is 2. The topological polar surface area (TPSA) is 81.4 Å². The molecule has 0 aliphatic heterocycles. The maximum absolute atomic E-state index is 12.8. The highest BCUT2D eigenvalue weighted by atomic mass is 32.2. The molecule has 0 spiro atoms. The maximum Gasteiger partial charge on any atom is 0.242 e. The van der Waals surface area contributed by atoms with Gasteiger partial charge in [0.05, 0.1) is 18.9 Å². The standard InChI is InChI=1S/C12H17FN2O3S/c1-2-3-7-18-8-6-15-19(16,17)12-5-4-10(13)9-11(12)14/h2,4-5,9,15H,1,3,6-8,14H2. The first-order valence-electron chi connectivity index (χ1n) is 5.70. The van der Waals surface area contributed by atoms with Crippen LogP contribution in [0.4, 0.5) is 10.1 Å². The monoisotopic (exact) mass is 288 g/mol. The quantitative estimate of drug-likeness (QED) is 0.429. The summed E-state index contributed by atoms with van der Waals surface area (Å²) in [5.41, 5.74) is 5.35. The normalized spacial score (nSPS) is 11.4. The van der Waals surface area contributed by atoms with Crippen LogP contribution in [0.2, 0.25) is 0 Å². The number of halogens is 1. The van der Waals surface area contributed by atoms with E-state index in [1.807, 2.05) is 0 Å². The number of nitrogen functional groups attached to an aromatic ring is 1. The van der Waals surface area contributed by atoms with E-state index >= 15 is 0 Å². The van der Waals surface area contributed by atoms with Crippen LogP contribution in [0, 0.1) is 5.82 Å². The molecule has 0 bridgehead atoms. The van der Waals surface area contributed by atoms with Crippen LogP contribution in [0.1, 0.15) is 6.42 Å². The Labute approximate surface area is 112 Å². The summed E-state index contributed by atoms with van der Waals surface area (Å²) in [6, 6.07) is 3.15. The van der Waals surface area contributed by atoms with Gasteiger partial charge in [-0.2, -0.15) is 0 Å². The predicted octanol–water partition coefficient (Wildman–Crippen LogP) is 1.28. The van der Waals surface area contributed by atoms with Gasteiger partial charge in [0.1, 0.15) is 10.7 Å². The Morgan fingerprint density at radius 3 is 2.79 bits per heavy atom. The molecule has 1 aromatic carbocycles. The minimum Gasteiger partial charge on any atom is -0.398 e. The highest BCUT2D eigenvalue weighted by molar-refractivity contribution is 7.89. The highest BCUT2D eigenvalue weighted by Gasteiger charge is 2.16. The van der Waals surface area contributed by atoms with Crippen LogP contribution in [0.5, 0.6) is 0 Å². The number of hydrogen-bond acceptors (Lipinski definition) is 4. The SMILES string of the molecule is C=CCCOCCNS(=O)(=O)c1ccc(F)cc1N. The molecule has 5 nitrogen and oxygen atoms in total. The second kappa shape index (κ2) is 7.22. The first-order valence-corrected chi connectivity index (χ1v) is 7.19. The molecule has 19 heavy (non-hydrogen) atoms. The molecule has 0 fully saturated rings. The van der Waals surface area contributed by atoms with E-state index in [9.17, 15) is 12.8 Å². The van der Waals surface area contributed by atoms with Crippen LogP contribution >= 0.6 is 0 Å². The zero-order chi connectivity index (χ0) is 14.3. The Bertz CT molecular complexity index is 532. The minimum absolute atomic E-state index is 0.121. The smallest absolute Gasteiger partial charge is 0.242 e. The summed E-state index contributed by atoms with van der Waals surface area (Å²) in [7, 11) is -3.74. The van der Waals surface area contributed by atoms with E-state index in [4.69, 9.17) is 10.5 Å². The molecule has 0 radical (unpaired) electrons. The number of sulfonamides is 1. The summed E-state index contributed by atoms with van der Waals surface area (Å²) in [4.78, 5) is -0.139. The van der Waals surface area contributed by atoms with Crippen molar-refractivity contribution in [2.24, 2.45) is 0 Å². The van der Waals surface area contributed by atoms with E-state index in [1.54, 1.807) is 6.08 Å². The van der Waals surface area contributed by atoms with Crippen LogP contribution in [0.15, 0.2) is 35.7 Å². The van der Waals surface area contributed by atoms with Gasteiger partial charge >= 0.3 is 0 Å². The van der Waals surface area contributed by atoms with Gasteiger partial charge in [-0.3, -0.25) is 0 Å². The second-order valence-electron chi connectivity index (χ2n) is 3.77. The van der Waals surface area contributed by atoms with Gasteiger partial charge in [0.25, 0.3) is 0 Å². The van der Waals surface area contributed by atoms with Crippen LogP contribution < -0.4 is 10.5 Å². The fourth-order valence-electron chi connectivity index (χ4n) is 1.36. The van der Waals surface area contributed by atoms with Crippen LogP contribution in [-0.2, 0) is 14.8 Å². The van der Waals surface area contributed by atoms with Crippen molar-refractivity contribution in [3.05, 3.63) is 36.7 Å². The van der Waals surface area contributed by atoms with Gasteiger partial charge in [0.2, 0.25) is 10.0 Å². The Balaban J connectivity index is 2.54. The summed E-state index contributed by atoms with van der Waals surface area (Å²) in [6.45, 7) is 4.39. The largest absolute Gasteiger partial charge is 0.398 e. The number of benzene rings is 1. The maximum atomic E-state index is 12.8. The van der Waals surface area contributed by atoms with E-state index in [1.165, 1.54) is 0 Å². The molecule has 0 atom stereocenters. The fraction of sp³-hybridized carbons (Fsp3) is 0.333. The number of nitrogens with one attached hydrogen (secondary N) is 1. The number of anilines is 1. The molecule has 0 aliphatic carbocycles. The van der Waals surface area contributed by atoms with Crippen molar-refractivity contribution in [3.63, 3.8) is 0 Å². The Kier molecular flexibility index (Phi) is 5.94. The zero-order valence-corrected chi connectivity index (χ0v) is 11.2. The molecule has 7 heteroatoms. The Morgan fingerprint density at radius 1 is 1.42 bits per heavy atom. The van der Waals surface area contributed by atoms with Gasteiger partial charge in [-0.25, -0.2) is 17.5 Å². The van der Waals surface area contributed by atoms with Crippen LogP contribution in [0.25, 0.3) is 0 Å². The lowest BCUT2D eigenvalue weighted by Crippen LogP contribution is -2.28. The van der Waals surface area contributed by atoms with Gasteiger partial charge in [-0.05, 0) is 24.6 Å². The number of ether oxygens (including phenoxy) is 1. The summed E-state index contributed by atoms with van der Waals surface area (Å²) in [5, 5.41) is 0. The van der Waals surface area contributed by atoms with Crippen molar-refractivity contribution in [1.29, 1.82) is 0 Å². The molecule has 0 saturated heterocycles. The first kappa shape index (κ1) is 15.6. The van der Waals surface area contributed by atoms with Gasteiger partial charge in [0, 0.05) is 6.54 Å². The molecule has 1 aromatic rings. The second-order valence-corrected chi connectivity index (χ2v) is 5.51. The summed E-state index contributed by atoms with van der Waals surface area (Å²) < 4.78 is 44.1. The van der Waals surface area contributed by atoms with E-state index < -0.39 is 15.8 Å². The molecule has 106 valence electrons. The minimum atomic E-state index is -3.74. The van der Waals surface area contributed by atoms with Gasteiger partial charge in [-0.1, -0.05) is 6.08 Å². The Morgan fingerprint density at radius 2 is 2.16 bits per heavy atom. The predicted molar refractivity (Wildman–Crippen MR) is 71.6 cm³/mol. The number of nitrogens with two attached hydrogens (primary N) is 1. The van der Waals surface area contributed by atoms with Crippen molar-refractivity contribution >= 4 is 15.7 Å². The van der Waals surface area contributed by atoms with Crippen molar-refractivity contribution in [2.45, 2.75) is 11.3 Å². The highest BCUT2D eigenvalue weighted by Crippen LogP contribution is 2.18. The molecule has 0 saturated carbocycles. The molecule has 0 amide bonds. The van der Waals surface area contributed by atoms with Crippen LogP contribution in [-0.4, -0.2) is 28.2 Å². The molecular weight excluding hydrogens is 271 g/mol. The van der Waals surface area contributed by atoms with Crippen molar-refractivity contribution in [3.8, 4) is 0 Å². The lowest BCUT2D eigenvalue weighted by atomic mass is 10.3. The zero-order valence-electron chi connectivity index (χ0n) is 10.4. The lowest BCUT2D eigenvalue weighted by Gasteiger charge is -2.09. The molecule has 0 aromatic heterocycles. The van der Waals surface area contributed by atoms with Gasteiger partial charge in [0.15, 0.2) is 0 Å². The first-order chi connectivity index (χ1) is 8.97. The molecule has 0 aliphatic rings. The van der Waals surface area contributed by atoms with Gasteiger partial charge in [-0.15, -0.1) is 6.58 Å².